The summed E-state index contributed by atoms with van der Waals surface area (Å²) in [6.07, 6.45) is 2.43. The van der Waals surface area contributed by atoms with E-state index in [1.807, 2.05) is 11.8 Å². The highest BCUT2D eigenvalue weighted by atomic mass is 32.2. The van der Waals surface area contributed by atoms with E-state index in [1.165, 1.54) is 23.3 Å². The molecule has 0 heterocycles. The van der Waals surface area contributed by atoms with Gasteiger partial charge in [0.1, 0.15) is 0 Å². The van der Waals surface area contributed by atoms with E-state index in [4.69, 9.17) is 0 Å². The Kier molecular flexibility index (Phi) is 6.68. The summed E-state index contributed by atoms with van der Waals surface area (Å²) in [5.74, 6) is 0. The third-order valence-electron chi connectivity index (χ3n) is 2.79. The van der Waals surface area contributed by atoms with Crippen molar-refractivity contribution in [2.75, 3.05) is 6.54 Å². The summed E-state index contributed by atoms with van der Waals surface area (Å²) in [4.78, 5) is 1.38. The lowest BCUT2D eigenvalue weighted by Crippen LogP contribution is -2.29. The van der Waals surface area contributed by atoms with E-state index in [9.17, 15) is 0 Å². The maximum absolute atomic E-state index is 3.54. The average molecular weight is 251 g/mol. The molecule has 0 saturated carbocycles. The first-order valence-corrected chi connectivity index (χ1v) is 7.46. The summed E-state index contributed by atoms with van der Waals surface area (Å²) in [6.45, 7) is 10.1. The number of nitrogens with one attached hydrogen (secondary N) is 1. The van der Waals surface area contributed by atoms with Gasteiger partial charge in [-0.05, 0) is 45.4 Å². The number of rotatable bonds is 7. The van der Waals surface area contributed by atoms with Crippen molar-refractivity contribution in [2.24, 2.45) is 0 Å². The molecule has 1 rings (SSSR count). The van der Waals surface area contributed by atoms with Crippen molar-refractivity contribution in [1.82, 2.24) is 5.32 Å². The minimum absolute atomic E-state index is 0.614. The zero-order valence-corrected chi connectivity index (χ0v) is 12.3. The normalized spacial score (nSPS) is 14.6. The molecular weight excluding hydrogens is 226 g/mol. The summed E-state index contributed by atoms with van der Waals surface area (Å²) in [5.41, 5.74) is 1.33. The van der Waals surface area contributed by atoms with Crippen LogP contribution in [0.2, 0.25) is 0 Å². The summed E-state index contributed by atoms with van der Waals surface area (Å²) < 4.78 is 0. The van der Waals surface area contributed by atoms with Crippen molar-refractivity contribution in [3.63, 3.8) is 0 Å². The molecule has 17 heavy (non-hydrogen) atoms. The molecule has 96 valence electrons. The summed E-state index contributed by atoms with van der Waals surface area (Å²) >= 11 is 1.97. The first kappa shape index (κ1) is 14.6. The van der Waals surface area contributed by atoms with Crippen molar-refractivity contribution < 1.29 is 0 Å². The molecule has 2 atom stereocenters. The van der Waals surface area contributed by atoms with Crippen LogP contribution in [0.1, 0.15) is 39.2 Å². The van der Waals surface area contributed by atoms with Crippen molar-refractivity contribution in [3.8, 4) is 0 Å². The maximum atomic E-state index is 3.54. The number of aryl methyl sites for hydroxylation is 1. The maximum Gasteiger partial charge on any atom is 0.00807 e. The highest BCUT2D eigenvalue weighted by Crippen LogP contribution is 2.26. The van der Waals surface area contributed by atoms with Gasteiger partial charge in [0, 0.05) is 16.2 Å². The molecule has 0 aromatic heterocycles. The fourth-order valence-electron chi connectivity index (χ4n) is 1.87. The van der Waals surface area contributed by atoms with Crippen LogP contribution in [0.3, 0.4) is 0 Å². The van der Waals surface area contributed by atoms with Crippen LogP contribution in [-0.4, -0.2) is 17.8 Å². The molecule has 0 spiro atoms. The topological polar surface area (TPSA) is 12.0 Å². The fourth-order valence-corrected chi connectivity index (χ4v) is 3.01. The molecular formula is C15H25NS. The van der Waals surface area contributed by atoms with Crippen molar-refractivity contribution in [3.05, 3.63) is 29.8 Å². The second-order valence-electron chi connectivity index (χ2n) is 4.83. The summed E-state index contributed by atoms with van der Waals surface area (Å²) in [5, 5.41) is 4.21. The zero-order chi connectivity index (χ0) is 12.7. The van der Waals surface area contributed by atoms with Gasteiger partial charge in [-0.1, -0.05) is 31.5 Å². The van der Waals surface area contributed by atoms with E-state index in [0.717, 1.165) is 6.54 Å². The van der Waals surface area contributed by atoms with Crippen molar-refractivity contribution in [2.45, 2.75) is 56.7 Å². The minimum atomic E-state index is 0.614. The lowest BCUT2D eigenvalue weighted by Gasteiger charge is -2.18. The minimum Gasteiger partial charge on any atom is -0.314 e. The van der Waals surface area contributed by atoms with Gasteiger partial charge in [-0.3, -0.25) is 0 Å². The van der Waals surface area contributed by atoms with Crippen LogP contribution in [0, 0.1) is 6.92 Å². The monoisotopic (exact) mass is 251 g/mol. The first-order chi connectivity index (χ1) is 8.11. The Morgan fingerprint density at radius 1 is 1.18 bits per heavy atom. The fraction of sp³-hybridized carbons (Fsp3) is 0.600. The van der Waals surface area contributed by atoms with E-state index < -0.39 is 0 Å². The van der Waals surface area contributed by atoms with Gasteiger partial charge in [0.2, 0.25) is 0 Å². The Hall–Kier alpha value is -0.470. The zero-order valence-electron chi connectivity index (χ0n) is 11.5. The van der Waals surface area contributed by atoms with E-state index in [0.29, 0.717) is 11.3 Å². The molecule has 0 saturated heterocycles. The van der Waals surface area contributed by atoms with E-state index >= 15 is 0 Å². The molecule has 1 nitrogen and oxygen atoms in total. The summed E-state index contributed by atoms with van der Waals surface area (Å²) in [7, 11) is 0. The Morgan fingerprint density at radius 3 is 2.41 bits per heavy atom. The Morgan fingerprint density at radius 2 is 1.82 bits per heavy atom. The van der Waals surface area contributed by atoms with Crippen LogP contribution in [0.15, 0.2) is 29.2 Å². The molecule has 0 bridgehead atoms. The van der Waals surface area contributed by atoms with Crippen LogP contribution in [-0.2, 0) is 0 Å². The third-order valence-corrected chi connectivity index (χ3v) is 3.93. The SMILES string of the molecule is CCCNC(C)CC(C)Sc1ccc(C)cc1. The van der Waals surface area contributed by atoms with Gasteiger partial charge >= 0.3 is 0 Å². The molecule has 0 radical (unpaired) electrons. The van der Waals surface area contributed by atoms with Crippen LogP contribution >= 0.6 is 11.8 Å². The van der Waals surface area contributed by atoms with Gasteiger partial charge in [0.25, 0.3) is 0 Å². The number of benzene rings is 1. The third kappa shape index (κ3) is 6.13. The molecule has 1 aromatic rings. The van der Waals surface area contributed by atoms with Crippen LogP contribution in [0.4, 0.5) is 0 Å². The molecule has 0 amide bonds. The highest BCUT2D eigenvalue weighted by molar-refractivity contribution is 7.99. The quantitative estimate of drug-likeness (QED) is 0.727. The molecule has 0 aliphatic rings. The predicted molar refractivity (Wildman–Crippen MR) is 78.9 cm³/mol. The van der Waals surface area contributed by atoms with Gasteiger partial charge in [0.15, 0.2) is 0 Å². The van der Waals surface area contributed by atoms with E-state index in [2.05, 4.69) is 57.3 Å². The Bertz CT molecular complexity index is 307. The van der Waals surface area contributed by atoms with Crippen molar-refractivity contribution >= 4 is 11.8 Å². The van der Waals surface area contributed by atoms with E-state index in [-0.39, 0.29) is 0 Å². The molecule has 0 aliphatic carbocycles. The van der Waals surface area contributed by atoms with Gasteiger partial charge in [-0.15, -0.1) is 11.8 Å². The van der Waals surface area contributed by atoms with Gasteiger partial charge in [0.05, 0.1) is 0 Å². The van der Waals surface area contributed by atoms with Gasteiger partial charge in [-0.2, -0.15) is 0 Å². The van der Waals surface area contributed by atoms with Crippen LogP contribution < -0.4 is 5.32 Å². The van der Waals surface area contributed by atoms with Gasteiger partial charge in [-0.25, -0.2) is 0 Å². The first-order valence-electron chi connectivity index (χ1n) is 6.58. The van der Waals surface area contributed by atoms with Crippen LogP contribution in [0.5, 0.6) is 0 Å². The molecule has 2 unspecified atom stereocenters. The lowest BCUT2D eigenvalue weighted by atomic mass is 10.2. The summed E-state index contributed by atoms with van der Waals surface area (Å²) in [6, 6.07) is 9.44. The Balaban J connectivity index is 2.33. The molecule has 1 N–H and O–H groups in total. The molecule has 0 fully saturated rings. The second-order valence-corrected chi connectivity index (χ2v) is 6.34. The number of hydrogen-bond acceptors (Lipinski definition) is 2. The average Bonchev–Trinajstić information content (AvgIpc) is 2.29. The van der Waals surface area contributed by atoms with E-state index in [1.54, 1.807) is 0 Å². The van der Waals surface area contributed by atoms with Crippen molar-refractivity contribution in [1.29, 1.82) is 0 Å². The standard InChI is InChI=1S/C15H25NS/c1-5-10-16-13(3)11-14(4)17-15-8-6-12(2)7-9-15/h6-9,13-14,16H,5,10-11H2,1-4H3. The second kappa shape index (κ2) is 7.78. The molecule has 2 heteroatoms. The molecule has 1 aromatic carbocycles. The highest BCUT2D eigenvalue weighted by Gasteiger charge is 2.09. The lowest BCUT2D eigenvalue weighted by molar-refractivity contribution is 0.513. The predicted octanol–water partition coefficient (Wildman–Crippen LogP) is 4.25. The van der Waals surface area contributed by atoms with Crippen LogP contribution in [0.25, 0.3) is 0 Å². The number of thioether (sulfide) groups is 1. The molecule has 0 aliphatic heterocycles. The number of hydrogen-bond donors (Lipinski definition) is 1. The smallest absolute Gasteiger partial charge is 0.00807 e. The largest absolute Gasteiger partial charge is 0.314 e. The van der Waals surface area contributed by atoms with Gasteiger partial charge < -0.3 is 5.32 Å². The Labute approximate surface area is 110 Å².